The average molecular weight is 316 g/mol. The molecule has 0 saturated carbocycles. The largest absolute Gasteiger partial charge is 0.314 e. The summed E-state index contributed by atoms with van der Waals surface area (Å²) in [7, 11) is 0. The molecule has 3 heteroatoms. The first-order chi connectivity index (χ1) is 9.67. The van der Waals surface area contributed by atoms with Crippen LogP contribution in [0.3, 0.4) is 0 Å². The van der Waals surface area contributed by atoms with Crippen LogP contribution in [-0.4, -0.2) is 12.6 Å². The van der Waals surface area contributed by atoms with E-state index in [1.54, 1.807) is 0 Å². The van der Waals surface area contributed by atoms with Gasteiger partial charge in [-0.25, -0.2) is 0 Å². The molecule has 0 bridgehead atoms. The van der Waals surface area contributed by atoms with E-state index in [9.17, 15) is 0 Å². The van der Waals surface area contributed by atoms with Crippen molar-refractivity contribution >= 4 is 23.2 Å². The van der Waals surface area contributed by atoms with Crippen molar-refractivity contribution in [2.24, 2.45) is 0 Å². The molecule has 1 aromatic rings. The third-order valence-electron chi connectivity index (χ3n) is 3.62. The summed E-state index contributed by atoms with van der Waals surface area (Å²) in [5.74, 6) is 0. The Kier molecular flexibility index (Phi) is 9.33. The Bertz CT molecular complexity index is 379. The maximum atomic E-state index is 6.08. The van der Waals surface area contributed by atoms with Crippen LogP contribution in [0.15, 0.2) is 18.2 Å². The van der Waals surface area contributed by atoms with Crippen LogP contribution in [-0.2, 0) is 6.42 Å². The van der Waals surface area contributed by atoms with Crippen molar-refractivity contribution in [3.8, 4) is 0 Å². The van der Waals surface area contributed by atoms with Gasteiger partial charge in [0.2, 0.25) is 0 Å². The van der Waals surface area contributed by atoms with Crippen LogP contribution < -0.4 is 5.32 Å². The summed E-state index contributed by atoms with van der Waals surface area (Å²) in [6.45, 7) is 5.44. The Morgan fingerprint density at radius 3 is 2.40 bits per heavy atom. The quantitative estimate of drug-likeness (QED) is 0.532. The number of unbranched alkanes of at least 4 members (excludes halogenated alkanes) is 4. The van der Waals surface area contributed by atoms with Crippen LogP contribution in [0.4, 0.5) is 0 Å². The van der Waals surface area contributed by atoms with E-state index in [0.717, 1.165) is 13.0 Å². The fraction of sp³-hybridized carbons (Fsp3) is 0.647. The number of rotatable bonds is 10. The predicted molar refractivity (Wildman–Crippen MR) is 91.0 cm³/mol. The first-order valence-corrected chi connectivity index (χ1v) is 8.60. The molecule has 20 heavy (non-hydrogen) atoms. The minimum Gasteiger partial charge on any atom is -0.314 e. The summed E-state index contributed by atoms with van der Waals surface area (Å²) in [6.07, 6.45) is 8.94. The SMILES string of the molecule is CCCCCCCC(Cc1ccc(Cl)c(Cl)c1)NCC. The number of nitrogens with one attached hydrogen (secondary N) is 1. The van der Waals surface area contributed by atoms with Crippen LogP contribution in [0, 0.1) is 0 Å². The number of hydrogen-bond acceptors (Lipinski definition) is 1. The second-order valence-corrected chi connectivity index (χ2v) is 6.22. The Morgan fingerprint density at radius 2 is 1.75 bits per heavy atom. The van der Waals surface area contributed by atoms with Crippen molar-refractivity contribution in [2.45, 2.75) is 64.8 Å². The van der Waals surface area contributed by atoms with Crippen LogP contribution in [0.5, 0.6) is 0 Å². The minimum absolute atomic E-state index is 0.541. The molecule has 0 radical (unpaired) electrons. The van der Waals surface area contributed by atoms with Gasteiger partial charge in [-0.3, -0.25) is 0 Å². The van der Waals surface area contributed by atoms with E-state index >= 15 is 0 Å². The predicted octanol–water partition coefficient (Wildman–Crippen LogP) is 5.87. The molecule has 1 nitrogen and oxygen atoms in total. The molecule has 1 atom stereocenters. The van der Waals surface area contributed by atoms with Crippen molar-refractivity contribution < 1.29 is 0 Å². The van der Waals surface area contributed by atoms with Crippen molar-refractivity contribution in [1.82, 2.24) is 5.32 Å². The lowest BCUT2D eigenvalue weighted by molar-refractivity contribution is 0.461. The van der Waals surface area contributed by atoms with E-state index in [1.165, 1.54) is 44.1 Å². The third kappa shape index (κ3) is 6.97. The molecule has 1 unspecified atom stereocenters. The second kappa shape index (κ2) is 10.5. The average Bonchev–Trinajstić information content (AvgIpc) is 2.43. The van der Waals surface area contributed by atoms with Gasteiger partial charge >= 0.3 is 0 Å². The third-order valence-corrected chi connectivity index (χ3v) is 4.35. The summed E-state index contributed by atoms with van der Waals surface area (Å²) in [6, 6.07) is 6.50. The highest BCUT2D eigenvalue weighted by molar-refractivity contribution is 6.42. The van der Waals surface area contributed by atoms with Gasteiger partial charge in [-0.2, -0.15) is 0 Å². The lowest BCUT2D eigenvalue weighted by Crippen LogP contribution is -2.30. The van der Waals surface area contributed by atoms with E-state index in [1.807, 2.05) is 12.1 Å². The van der Waals surface area contributed by atoms with E-state index in [2.05, 4.69) is 25.2 Å². The summed E-state index contributed by atoms with van der Waals surface area (Å²) < 4.78 is 0. The van der Waals surface area contributed by atoms with Gasteiger partial charge in [-0.05, 0) is 37.1 Å². The molecule has 1 N–H and O–H groups in total. The lowest BCUT2D eigenvalue weighted by Gasteiger charge is -2.18. The highest BCUT2D eigenvalue weighted by atomic mass is 35.5. The number of halogens is 2. The Hall–Kier alpha value is -0.240. The van der Waals surface area contributed by atoms with Gasteiger partial charge in [-0.15, -0.1) is 0 Å². The highest BCUT2D eigenvalue weighted by Crippen LogP contribution is 2.23. The van der Waals surface area contributed by atoms with Crippen molar-refractivity contribution in [1.29, 1.82) is 0 Å². The van der Waals surface area contributed by atoms with Crippen LogP contribution in [0.25, 0.3) is 0 Å². The zero-order valence-electron chi connectivity index (χ0n) is 12.7. The van der Waals surface area contributed by atoms with Gasteiger partial charge in [0.1, 0.15) is 0 Å². The summed E-state index contributed by atoms with van der Waals surface area (Å²) >= 11 is 12.0. The van der Waals surface area contributed by atoms with E-state index in [-0.39, 0.29) is 0 Å². The van der Waals surface area contributed by atoms with Crippen LogP contribution in [0.1, 0.15) is 57.9 Å². The maximum absolute atomic E-state index is 6.08. The summed E-state index contributed by atoms with van der Waals surface area (Å²) in [4.78, 5) is 0. The molecule has 114 valence electrons. The molecule has 0 heterocycles. The molecule has 0 amide bonds. The molecule has 0 aliphatic rings. The van der Waals surface area contributed by atoms with Gasteiger partial charge in [0, 0.05) is 6.04 Å². The van der Waals surface area contributed by atoms with Crippen molar-refractivity contribution in [3.05, 3.63) is 33.8 Å². The molecule has 0 aliphatic heterocycles. The number of benzene rings is 1. The van der Waals surface area contributed by atoms with E-state index in [4.69, 9.17) is 23.2 Å². The molecule has 0 aromatic heterocycles. The normalized spacial score (nSPS) is 12.6. The molecule has 0 saturated heterocycles. The minimum atomic E-state index is 0.541. The number of likely N-dealkylation sites (N-methyl/N-ethyl adjacent to an activating group) is 1. The fourth-order valence-corrected chi connectivity index (χ4v) is 2.83. The van der Waals surface area contributed by atoms with Gasteiger partial charge in [0.05, 0.1) is 10.0 Å². The smallest absolute Gasteiger partial charge is 0.0595 e. The molecule has 1 aromatic carbocycles. The Labute approximate surface area is 134 Å². The van der Waals surface area contributed by atoms with Crippen molar-refractivity contribution in [2.75, 3.05) is 6.54 Å². The molecule has 0 spiro atoms. The second-order valence-electron chi connectivity index (χ2n) is 5.41. The lowest BCUT2D eigenvalue weighted by atomic mass is 9.99. The Balaban J connectivity index is 2.42. The molecular weight excluding hydrogens is 289 g/mol. The Morgan fingerprint density at radius 1 is 1.00 bits per heavy atom. The molecule has 0 aliphatic carbocycles. The zero-order valence-corrected chi connectivity index (χ0v) is 14.2. The summed E-state index contributed by atoms with van der Waals surface area (Å²) in [5, 5.41) is 4.87. The first kappa shape index (κ1) is 17.8. The topological polar surface area (TPSA) is 12.0 Å². The van der Waals surface area contributed by atoms with Crippen molar-refractivity contribution in [3.63, 3.8) is 0 Å². The molecule has 0 fully saturated rings. The van der Waals surface area contributed by atoms with E-state index < -0.39 is 0 Å². The zero-order chi connectivity index (χ0) is 14.8. The fourth-order valence-electron chi connectivity index (χ4n) is 2.51. The van der Waals surface area contributed by atoms with Crippen LogP contribution in [0.2, 0.25) is 10.0 Å². The molecular formula is C17H27Cl2N. The maximum Gasteiger partial charge on any atom is 0.0595 e. The molecule has 1 rings (SSSR count). The first-order valence-electron chi connectivity index (χ1n) is 7.84. The van der Waals surface area contributed by atoms with Gasteiger partial charge < -0.3 is 5.32 Å². The van der Waals surface area contributed by atoms with E-state index in [0.29, 0.717) is 16.1 Å². The number of hydrogen-bond donors (Lipinski definition) is 1. The van der Waals surface area contributed by atoms with Gasteiger partial charge in [0.25, 0.3) is 0 Å². The standard InChI is InChI=1S/C17H27Cl2N/c1-3-5-6-7-8-9-15(20-4-2)12-14-10-11-16(18)17(19)13-14/h10-11,13,15,20H,3-9,12H2,1-2H3. The highest BCUT2D eigenvalue weighted by Gasteiger charge is 2.09. The van der Waals surface area contributed by atoms with Gasteiger partial charge in [0.15, 0.2) is 0 Å². The van der Waals surface area contributed by atoms with Crippen LogP contribution >= 0.6 is 23.2 Å². The van der Waals surface area contributed by atoms with Gasteiger partial charge in [-0.1, -0.05) is 75.2 Å². The summed E-state index contributed by atoms with van der Waals surface area (Å²) in [5.41, 5.74) is 1.26. The monoisotopic (exact) mass is 315 g/mol.